The summed E-state index contributed by atoms with van der Waals surface area (Å²) in [4.78, 5) is 0. The van der Waals surface area contributed by atoms with Crippen LogP contribution in [0.4, 0.5) is 0 Å². The van der Waals surface area contributed by atoms with Gasteiger partial charge < -0.3 is 20.3 Å². The van der Waals surface area contributed by atoms with Crippen LogP contribution in [0.25, 0.3) is 0 Å². The first-order valence-electron chi connectivity index (χ1n) is 5.94. The van der Waals surface area contributed by atoms with E-state index < -0.39 is 0 Å². The van der Waals surface area contributed by atoms with Crippen LogP contribution >= 0.6 is 0 Å². The minimum atomic E-state index is 0.0293. The van der Waals surface area contributed by atoms with Crippen molar-refractivity contribution in [3.05, 3.63) is 29.8 Å². The van der Waals surface area contributed by atoms with Crippen LogP contribution < -0.4 is 10.5 Å². The minimum Gasteiger partial charge on any atom is -0.493 e. The van der Waals surface area contributed by atoms with Crippen molar-refractivity contribution in [1.29, 1.82) is 0 Å². The maximum Gasteiger partial charge on any atom is 0.119 e. The number of aliphatic hydroxyl groups excluding tert-OH is 1. The summed E-state index contributed by atoms with van der Waals surface area (Å²) >= 11 is 0. The standard InChI is InChI=1S/C13H21NO3/c1-2-16-13(9-14)6-7-17-12-5-3-4-11(8-12)10-15/h3-5,8,13,15H,2,6-7,9-10,14H2,1H3. The zero-order valence-corrected chi connectivity index (χ0v) is 10.3. The molecule has 1 aromatic carbocycles. The van der Waals surface area contributed by atoms with E-state index in [-0.39, 0.29) is 12.7 Å². The van der Waals surface area contributed by atoms with Crippen LogP contribution in [0.2, 0.25) is 0 Å². The Hall–Kier alpha value is -1.10. The van der Waals surface area contributed by atoms with Crippen molar-refractivity contribution in [2.45, 2.75) is 26.1 Å². The van der Waals surface area contributed by atoms with Gasteiger partial charge in [-0.2, -0.15) is 0 Å². The molecule has 0 aliphatic carbocycles. The molecule has 0 aromatic heterocycles. The summed E-state index contributed by atoms with van der Waals surface area (Å²) in [6.07, 6.45) is 0.828. The van der Waals surface area contributed by atoms with E-state index in [1.54, 1.807) is 0 Å². The summed E-state index contributed by atoms with van der Waals surface area (Å²) in [6, 6.07) is 7.43. The highest BCUT2D eigenvalue weighted by Gasteiger charge is 2.06. The number of aliphatic hydroxyl groups is 1. The molecule has 0 heterocycles. The van der Waals surface area contributed by atoms with Crippen LogP contribution in [0, 0.1) is 0 Å². The quantitative estimate of drug-likeness (QED) is 0.718. The van der Waals surface area contributed by atoms with Gasteiger partial charge in [-0.3, -0.25) is 0 Å². The van der Waals surface area contributed by atoms with E-state index in [4.69, 9.17) is 20.3 Å². The lowest BCUT2D eigenvalue weighted by Gasteiger charge is -2.15. The van der Waals surface area contributed by atoms with E-state index in [1.165, 1.54) is 0 Å². The van der Waals surface area contributed by atoms with Gasteiger partial charge in [-0.1, -0.05) is 12.1 Å². The topological polar surface area (TPSA) is 64.7 Å². The summed E-state index contributed by atoms with van der Waals surface area (Å²) < 4.78 is 11.0. The lowest BCUT2D eigenvalue weighted by atomic mass is 10.2. The molecule has 96 valence electrons. The summed E-state index contributed by atoms with van der Waals surface area (Å²) in [5.74, 6) is 0.767. The SMILES string of the molecule is CCOC(CN)CCOc1cccc(CO)c1. The van der Waals surface area contributed by atoms with E-state index in [9.17, 15) is 0 Å². The predicted octanol–water partition coefficient (Wildman–Crippen LogP) is 1.31. The molecular formula is C13H21NO3. The smallest absolute Gasteiger partial charge is 0.119 e. The summed E-state index contributed by atoms with van der Waals surface area (Å²) in [7, 11) is 0. The molecule has 1 atom stereocenters. The van der Waals surface area contributed by atoms with Crippen molar-refractivity contribution < 1.29 is 14.6 Å². The minimum absolute atomic E-state index is 0.0293. The molecule has 4 heteroatoms. The zero-order valence-electron chi connectivity index (χ0n) is 10.3. The van der Waals surface area contributed by atoms with Crippen molar-refractivity contribution in [3.8, 4) is 5.75 Å². The molecule has 3 N–H and O–H groups in total. The highest BCUT2D eigenvalue weighted by atomic mass is 16.5. The van der Waals surface area contributed by atoms with E-state index in [0.717, 1.165) is 17.7 Å². The average Bonchev–Trinajstić information content (AvgIpc) is 2.38. The lowest BCUT2D eigenvalue weighted by molar-refractivity contribution is 0.0527. The lowest BCUT2D eigenvalue weighted by Crippen LogP contribution is -2.25. The van der Waals surface area contributed by atoms with Crippen LogP contribution in [0.1, 0.15) is 18.9 Å². The third-order valence-corrected chi connectivity index (χ3v) is 2.45. The number of benzene rings is 1. The van der Waals surface area contributed by atoms with Gasteiger partial charge in [0.2, 0.25) is 0 Å². The molecule has 4 nitrogen and oxygen atoms in total. The second kappa shape index (κ2) is 8.06. The summed E-state index contributed by atoms with van der Waals surface area (Å²) in [5, 5.41) is 8.99. The molecule has 1 unspecified atom stereocenters. The molecule has 0 spiro atoms. The predicted molar refractivity (Wildman–Crippen MR) is 66.9 cm³/mol. The van der Waals surface area contributed by atoms with Gasteiger partial charge in [-0.25, -0.2) is 0 Å². The van der Waals surface area contributed by atoms with Gasteiger partial charge in [-0.05, 0) is 24.6 Å². The molecule has 0 saturated heterocycles. The van der Waals surface area contributed by atoms with Gasteiger partial charge in [0.25, 0.3) is 0 Å². The van der Waals surface area contributed by atoms with Crippen LogP contribution in [-0.2, 0) is 11.3 Å². The Labute approximate surface area is 102 Å². The van der Waals surface area contributed by atoms with Crippen molar-refractivity contribution in [3.63, 3.8) is 0 Å². The number of hydrogen-bond acceptors (Lipinski definition) is 4. The molecule has 0 radical (unpaired) electrons. The number of hydrogen-bond donors (Lipinski definition) is 2. The second-order valence-electron chi connectivity index (χ2n) is 3.76. The Kier molecular flexibility index (Phi) is 6.62. The first kappa shape index (κ1) is 14.0. The van der Waals surface area contributed by atoms with Crippen LogP contribution in [-0.4, -0.2) is 31.0 Å². The van der Waals surface area contributed by atoms with E-state index >= 15 is 0 Å². The highest BCUT2D eigenvalue weighted by molar-refractivity contribution is 5.27. The Morgan fingerprint density at radius 1 is 1.41 bits per heavy atom. The van der Waals surface area contributed by atoms with E-state index in [2.05, 4.69) is 0 Å². The monoisotopic (exact) mass is 239 g/mol. The third kappa shape index (κ3) is 5.17. The van der Waals surface area contributed by atoms with Gasteiger partial charge in [0.1, 0.15) is 5.75 Å². The molecule has 0 saturated carbocycles. The Morgan fingerprint density at radius 2 is 2.24 bits per heavy atom. The van der Waals surface area contributed by atoms with Gasteiger partial charge >= 0.3 is 0 Å². The van der Waals surface area contributed by atoms with Crippen molar-refractivity contribution in [1.82, 2.24) is 0 Å². The maximum absolute atomic E-state index is 8.99. The van der Waals surface area contributed by atoms with Crippen molar-refractivity contribution in [2.75, 3.05) is 19.8 Å². The summed E-state index contributed by atoms with van der Waals surface area (Å²) in [5.41, 5.74) is 6.42. The molecular weight excluding hydrogens is 218 g/mol. The fraction of sp³-hybridized carbons (Fsp3) is 0.538. The number of nitrogens with two attached hydrogens (primary N) is 1. The fourth-order valence-electron chi connectivity index (χ4n) is 1.55. The largest absolute Gasteiger partial charge is 0.493 e. The molecule has 0 aliphatic rings. The van der Waals surface area contributed by atoms with Crippen LogP contribution in [0.3, 0.4) is 0 Å². The van der Waals surface area contributed by atoms with Crippen molar-refractivity contribution >= 4 is 0 Å². The van der Waals surface area contributed by atoms with Crippen LogP contribution in [0.5, 0.6) is 5.75 Å². The number of rotatable bonds is 8. The molecule has 0 fully saturated rings. The van der Waals surface area contributed by atoms with E-state index in [0.29, 0.717) is 19.8 Å². The molecule has 17 heavy (non-hydrogen) atoms. The van der Waals surface area contributed by atoms with Crippen LogP contribution in [0.15, 0.2) is 24.3 Å². The Morgan fingerprint density at radius 3 is 2.88 bits per heavy atom. The normalized spacial score (nSPS) is 12.4. The molecule has 0 bridgehead atoms. The first-order chi connectivity index (χ1) is 8.30. The second-order valence-corrected chi connectivity index (χ2v) is 3.76. The van der Waals surface area contributed by atoms with Gasteiger partial charge in [0.05, 0.1) is 19.3 Å². The van der Waals surface area contributed by atoms with E-state index in [1.807, 2.05) is 31.2 Å². The summed E-state index contributed by atoms with van der Waals surface area (Å²) in [6.45, 7) is 3.72. The highest BCUT2D eigenvalue weighted by Crippen LogP contribution is 2.13. The van der Waals surface area contributed by atoms with Gasteiger partial charge in [0, 0.05) is 19.6 Å². The van der Waals surface area contributed by atoms with Gasteiger partial charge in [-0.15, -0.1) is 0 Å². The first-order valence-corrected chi connectivity index (χ1v) is 5.94. The zero-order chi connectivity index (χ0) is 12.5. The molecule has 1 aromatic rings. The number of ether oxygens (including phenoxy) is 2. The van der Waals surface area contributed by atoms with Crippen molar-refractivity contribution in [2.24, 2.45) is 5.73 Å². The van der Waals surface area contributed by atoms with Gasteiger partial charge in [0.15, 0.2) is 0 Å². The average molecular weight is 239 g/mol. The molecule has 0 aliphatic heterocycles. The molecule has 0 amide bonds. The third-order valence-electron chi connectivity index (χ3n) is 2.45. The molecule has 1 rings (SSSR count). The Bertz CT molecular complexity index is 317. The Balaban J connectivity index is 2.34. The maximum atomic E-state index is 8.99. The fourth-order valence-corrected chi connectivity index (χ4v) is 1.55.